The third kappa shape index (κ3) is 2.33. The summed E-state index contributed by atoms with van der Waals surface area (Å²) in [6, 6.07) is 2.99. The van der Waals surface area contributed by atoms with Crippen molar-refractivity contribution in [3.8, 4) is 0 Å². The van der Waals surface area contributed by atoms with E-state index in [0.717, 1.165) is 6.54 Å². The molecule has 1 N–H and O–H groups in total. The Morgan fingerprint density at radius 3 is 3.00 bits per heavy atom. The number of halogens is 3. The first-order chi connectivity index (χ1) is 7.20. The van der Waals surface area contributed by atoms with E-state index in [1.807, 2.05) is 0 Å². The van der Waals surface area contributed by atoms with E-state index in [1.165, 1.54) is 6.07 Å². The van der Waals surface area contributed by atoms with Crippen molar-refractivity contribution in [1.82, 2.24) is 5.32 Å². The maximum absolute atomic E-state index is 13.6. The Balaban J connectivity index is 2.36. The molecule has 1 aromatic rings. The zero-order chi connectivity index (χ0) is 10.8. The molecule has 2 rings (SSSR count). The molecule has 2 nitrogen and oxygen atoms in total. The molecule has 0 spiro atoms. The molecule has 0 aromatic heterocycles. The van der Waals surface area contributed by atoms with E-state index in [9.17, 15) is 4.39 Å². The average Bonchev–Trinajstić information content (AvgIpc) is 2.26. The van der Waals surface area contributed by atoms with E-state index >= 15 is 0 Å². The number of rotatable bonds is 1. The van der Waals surface area contributed by atoms with Gasteiger partial charge in [0.1, 0.15) is 5.82 Å². The Bertz CT molecular complexity index is 369. The van der Waals surface area contributed by atoms with Crippen molar-refractivity contribution in [3.05, 3.63) is 33.0 Å². The van der Waals surface area contributed by atoms with Crippen LogP contribution in [0.15, 0.2) is 16.6 Å². The van der Waals surface area contributed by atoms with Gasteiger partial charge in [0.05, 0.1) is 17.7 Å². The molecule has 0 bridgehead atoms. The standard InChI is InChI=1S/C10H10BrClFNO/c11-6-1-2-7(13)9(10(6)12)8-5-14-3-4-15-8/h1-2,8,14H,3-5H2. The minimum atomic E-state index is -0.322. The minimum absolute atomic E-state index is 0.302. The molecule has 15 heavy (non-hydrogen) atoms. The molecule has 1 fully saturated rings. The molecular weight excluding hydrogens is 284 g/mol. The summed E-state index contributed by atoms with van der Waals surface area (Å²) in [5.41, 5.74) is 0.429. The lowest BCUT2D eigenvalue weighted by Crippen LogP contribution is -2.34. The second-order valence-electron chi connectivity index (χ2n) is 3.32. The van der Waals surface area contributed by atoms with Crippen LogP contribution >= 0.6 is 27.5 Å². The molecule has 82 valence electrons. The van der Waals surface area contributed by atoms with Gasteiger partial charge < -0.3 is 10.1 Å². The van der Waals surface area contributed by atoms with Gasteiger partial charge in [-0.1, -0.05) is 11.6 Å². The second-order valence-corrected chi connectivity index (χ2v) is 4.55. The maximum Gasteiger partial charge on any atom is 0.130 e. The van der Waals surface area contributed by atoms with Crippen molar-refractivity contribution in [1.29, 1.82) is 0 Å². The molecule has 5 heteroatoms. The number of hydrogen-bond acceptors (Lipinski definition) is 2. The highest BCUT2D eigenvalue weighted by Crippen LogP contribution is 2.34. The zero-order valence-electron chi connectivity index (χ0n) is 7.90. The Morgan fingerprint density at radius 2 is 2.33 bits per heavy atom. The lowest BCUT2D eigenvalue weighted by molar-refractivity contribution is 0.0255. The van der Waals surface area contributed by atoms with E-state index in [4.69, 9.17) is 16.3 Å². The predicted molar refractivity (Wildman–Crippen MR) is 60.7 cm³/mol. The second kappa shape index (κ2) is 4.78. The Hall–Kier alpha value is -0.160. The largest absolute Gasteiger partial charge is 0.371 e. The van der Waals surface area contributed by atoms with Crippen LogP contribution in [-0.2, 0) is 4.74 Å². The number of nitrogens with one attached hydrogen (secondary N) is 1. The smallest absolute Gasteiger partial charge is 0.130 e. The van der Waals surface area contributed by atoms with Crippen molar-refractivity contribution >= 4 is 27.5 Å². The van der Waals surface area contributed by atoms with Crippen molar-refractivity contribution < 1.29 is 9.13 Å². The summed E-state index contributed by atoms with van der Waals surface area (Å²) in [5, 5.41) is 3.53. The van der Waals surface area contributed by atoms with Crippen LogP contribution in [0.25, 0.3) is 0 Å². The molecule has 1 aromatic carbocycles. The van der Waals surface area contributed by atoms with Crippen LogP contribution in [0, 0.1) is 5.82 Å². The molecule has 1 saturated heterocycles. The summed E-state index contributed by atoms with van der Waals surface area (Å²) in [4.78, 5) is 0. The monoisotopic (exact) mass is 293 g/mol. The predicted octanol–water partition coefficient (Wildman–Crippen LogP) is 2.90. The first-order valence-electron chi connectivity index (χ1n) is 4.66. The van der Waals surface area contributed by atoms with E-state index in [2.05, 4.69) is 21.2 Å². The van der Waals surface area contributed by atoms with Crippen LogP contribution in [0.3, 0.4) is 0 Å². The molecule has 0 aliphatic carbocycles. The van der Waals surface area contributed by atoms with Gasteiger partial charge in [-0.3, -0.25) is 0 Å². The quantitative estimate of drug-likeness (QED) is 0.804. The van der Waals surface area contributed by atoms with Gasteiger partial charge in [0.2, 0.25) is 0 Å². The number of ether oxygens (including phenoxy) is 1. The van der Waals surface area contributed by atoms with Crippen LogP contribution < -0.4 is 5.32 Å². The highest BCUT2D eigenvalue weighted by atomic mass is 79.9. The first kappa shape index (κ1) is 11.3. The molecule has 1 heterocycles. The summed E-state index contributed by atoms with van der Waals surface area (Å²) in [6.07, 6.45) is -0.302. The molecule has 1 unspecified atom stereocenters. The van der Waals surface area contributed by atoms with Gasteiger partial charge in [-0.25, -0.2) is 4.39 Å². The Labute approximate surface area is 101 Å². The molecule has 0 amide bonds. The summed E-state index contributed by atoms with van der Waals surface area (Å²) < 4.78 is 19.8. The van der Waals surface area contributed by atoms with Gasteiger partial charge in [-0.05, 0) is 28.1 Å². The van der Waals surface area contributed by atoms with Crippen LogP contribution in [0.2, 0.25) is 5.02 Å². The number of benzene rings is 1. The van der Waals surface area contributed by atoms with E-state index in [-0.39, 0.29) is 11.9 Å². The van der Waals surface area contributed by atoms with E-state index in [1.54, 1.807) is 6.07 Å². The van der Waals surface area contributed by atoms with Crippen molar-refractivity contribution in [2.75, 3.05) is 19.7 Å². The molecule has 0 radical (unpaired) electrons. The number of hydrogen-bond donors (Lipinski definition) is 1. The van der Waals surface area contributed by atoms with Crippen molar-refractivity contribution in [3.63, 3.8) is 0 Å². The van der Waals surface area contributed by atoms with E-state index in [0.29, 0.717) is 28.2 Å². The zero-order valence-corrected chi connectivity index (χ0v) is 10.2. The van der Waals surface area contributed by atoms with Crippen LogP contribution in [-0.4, -0.2) is 19.7 Å². The van der Waals surface area contributed by atoms with Gasteiger partial charge >= 0.3 is 0 Å². The van der Waals surface area contributed by atoms with Gasteiger partial charge in [0.25, 0.3) is 0 Å². The Morgan fingerprint density at radius 1 is 1.53 bits per heavy atom. The topological polar surface area (TPSA) is 21.3 Å². The fourth-order valence-electron chi connectivity index (χ4n) is 1.59. The normalized spacial score (nSPS) is 21.7. The molecule has 1 atom stereocenters. The summed E-state index contributed by atoms with van der Waals surface area (Å²) in [5.74, 6) is -0.322. The summed E-state index contributed by atoms with van der Waals surface area (Å²) in [6.45, 7) is 1.96. The third-order valence-corrected chi connectivity index (χ3v) is 3.63. The van der Waals surface area contributed by atoms with Crippen LogP contribution in [0.4, 0.5) is 4.39 Å². The van der Waals surface area contributed by atoms with Gasteiger partial charge in [0, 0.05) is 23.1 Å². The minimum Gasteiger partial charge on any atom is -0.371 e. The maximum atomic E-state index is 13.6. The Kier molecular flexibility index (Phi) is 3.61. The van der Waals surface area contributed by atoms with Crippen molar-refractivity contribution in [2.24, 2.45) is 0 Å². The molecule has 1 aliphatic heterocycles. The summed E-state index contributed by atoms with van der Waals surface area (Å²) in [7, 11) is 0. The van der Waals surface area contributed by atoms with Gasteiger partial charge in [0.15, 0.2) is 0 Å². The fraction of sp³-hybridized carbons (Fsp3) is 0.400. The molecule has 0 saturated carbocycles. The van der Waals surface area contributed by atoms with Crippen molar-refractivity contribution in [2.45, 2.75) is 6.10 Å². The van der Waals surface area contributed by atoms with Gasteiger partial charge in [-0.15, -0.1) is 0 Å². The first-order valence-corrected chi connectivity index (χ1v) is 5.83. The molecule has 1 aliphatic rings. The fourth-order valence-corrected chi connectivity index (χ4v) is 2.21. The highest BCUT2D eigenvalue weighted by molar-refractivity contribution is 9.10. The van der Waals surface area contributed by atoms with E-state index < -0.39 is 0 Å². The lowest BCUT2D eigenvalue weighted by atomic mass is 10.1. The molecular formula is C10H10BrClFNO. The third-order valence-electron chi connectivity index (χ3n) is 2.33. The van der Waals surface area contributed by atoms with Crippen LogP contribution in [0.5, 0.6) is 0 Å². The SMILES string of the molecule is Fc1ccc(Br)c(Cl)c1C1CNCCO1. The highest BCUT2D eigenvalue weighted by Gasteiger charge is 2.23. The average molecular weight is 295 g/mol. The number of morpholine rings is 1. The lowest BCUT2D eigenvalue weighted by Gasteiger charge is -2.25. The summed E-state index contributed by atoms with van der Waals surface area (Å²) >= 11 is 9.31. The van der Waals surface area contributed by atoms with Gasteiger partial charge in [-0.2, -0.15) is 0 Å². The van der Waals surface area contributed by atoms with Crippen LogP contribution in [0.1, 0.15) is 11.7 Å².